The molecule has 2 aliphatic rings. The van der Waals surface area contributed by atoms with Crippen molar-refractivity contribution in [2.75, 3.05) is 11.9 Å². The van der Waals surface area contributed by atoms with Gasteiger partial charge in [0.05, 0.1) is 12.6 Å². The summed E-state index contributed by atoms with van der Waals surface area (Å²) in [5.41, 5.74) is 8.18. The number of ether oxygens (including phenoxy) is 2. The Hall–Kier alpha value is -1.86. The SMILES string of the molecule is CC(=O)O[C@H]1CC[C@H](N)[C@@H]1NC(=S)Nc1cccc2c1CCO2. The van der Waals surface area contributed by atoms with Gasteiger partial charge < -0.3 is 25.8 Å². The average molecular weight is 335 g/mol. The highest BCUT2D eigenvalue weighted by Gasteiger charge is 2.36. The fourth-order valence-corrected chi connectivity index (χ4v) is 3.43. The predicted molar refractivity (Wildman–Crippen MR) is 91.5 cm³/mol. The van der Waals surface area contributed by atoms with Crippen LogP contribution in [0, 0.1) is 0 Å². The first-order chi connectivity index (χ1) is 11.0. The zero-order valence-electron chi connectivity index (χ0n) is 13.0. The van der Waals surface area contributed by atoms with E-state index in [-0.39, 0.29) is 24.2 Å². The first-order valence-corrected chi connectivity index (χ1v) is 8.20. The molecule has 1 aromatic rings. The minimum absolute atomic E-state index is 0.0936. The van der Waals surface area contributed by atoms with Gasteiger partial charge in [-0.3, -0.25) is 4.79 Å². The van der Waals surface area contributed by atoms with Crippen LogP contribution in [-0.4, -0.2) is 35.9 Å². The number of carbonyl (C=O) groups excluding carboxylic acids is 1. The summed E-state index contributed by atoms with van der Waals surface area (Å²) < 4.78 is 10.9. The highest BCUT2D eigenvalue weighted by Crippen LogP contribution is 2.31. The highest BCUT2D eigenvalue weighted by atomic mass is 32.1. The van der Waals surface area contributed by atoms with Gasteiger partial charge in [0.15, 0.2) is 5.11 Å². The molecule has 1 aromatic carbocycles. The van der Waals surface area contributed by atoms with Crippen LogP contribution in [0.4, 0.5) is 5.69 Å². The number of hydrogen-bond acceptors (Lipinski definition) is 5. The third-order valence-electron chi connectivity index (χ3n) is 4.25. The number of fused-ring (bicyclic) bond motifs is 1. The van der Waals surface area contributed by atoms with Gasteiger partial charge in [-0.05, 0) is 37.2 Å². The number of esters is 1. The number of benzene rings is 1. The monoisotopic (exact) mass is 335 g/mol. The van der Waals surface area contributed by atoms with Crippen molar-refractivity contribution in [2.24, 2.45) is 5.73 Å². The highest BCUT2D eigenvalue weighted by molar-refractivity contribution is 7.80. The van der Waals surface area contributed by atoms with E-state index in [1.807, 2.05) is 18.2 Å². The Kier molecular flexibility index (Phi) is 4.68. The Morgan fingerprint density at radius 2 is 2.26 bits per heavy atom. The molecule has 124 valence electrons. The van der Waals surface area contributed by atoms with Crippen LogP contribution in [0.2, 0.25) is 0 Å². The predicted octanol–water partition coefficient (Wildman–Crippen LogP) is 1.33. The topological polar surface area (TPSA) is 85.6 Å². The van der Waals surface area contributed by atoms with Crippen molar-refractivity contribution >= 4 is 29.0 Å². The minimum Gasteiger partial charge on any atom is -0.493 e. The molecule has 6 nitrogen and oxygen atoms in total. The maximum Gasteiger partial charge on any atom is 0.302 e. The van der Waals surface area contributed by atoms with Crippen molar-refractivity contribution in [3.63, 3.8) is 0 Å². The van der Waals surface area contributed by atoms with Crippen molar-refractivity contribution in [3.8, 4) is 5.75 Å². The molecule has 1 aliphatic carbocycles. The summed E-state index contributed by atoms with van der Waals surface area (Å²) in [5.74, 6) is 0.598. The van der Waals surface area contributed by atoms with Crippen molar-refractivity contribution in [3.05, 3.63) is 23.8 Å². The van der Waals surface area contributed by atoms with Crippen LogP contribution >= 0.6 is 12.2 Å². The molecule has 0 unspecified atom stereocenters. The molecule has 0 amide bonds. The van der Waals surface area contributed by atoms with E-state index in [4.69, 9.17) is 27.4 Å². The van der Waals surface area contributed by atoms with Gasteiger partial charge in [0.2, 0.25) is 0 Å². The molecule has 23 heavy (non-hydrogen) atoms. The summed E-state index contributed by atoms with van der Waals surface area (Å²) in [7, 11) is 0. The molecule has 3 atom stereocenters. The molecule has 1 saturated carbocycles. The summed E-state index contributed by atoms with van der Waals surface area (Å²) in [6.07, 6.45) is 2.16. The molecular formula is C16H21N3O3S. The number of anilines is 1. The van der Waals surface area contributed by atoms with Gasteiger partial charge in [0.25, 0.3) is 0 Å². The van der Waals surface area contributed by atoms with Gasteiger partial charge in [-0.25, -0.2) is 0 Å². The Labute approximate surface area is 140 Å². The second-order valence-corrected chi connectivity index (χ2v) is 6.30. The molecule has 3 rings (SSSR count). The molecule has 0 bridgehead atoms. The smallest absolute Gasteiger partial charge is 0.302 e. The fourth-order valence-electron chi connectivity index (χ4n) is 3.19. The van der Waals surface area contributed by atoms with Crippen LogP contribution in [0.1, 0.15) is 25.3 Å². The molecule has 1 aliphatic heterocycles. The quantitative estimate of drug-likeness (QED) is 0.567. The third-order valence-corrected chi connectivity index (χ3v) is 4.47. The Bertz CT molecular complexity index is 623. The molecule has 0 spiro atoms. The number of carbonyl (C=O) groups is 1. The lowest BCUT2D eigenvalue weighted by atomic mass is 10.1. The summed E-state index contributed by atoms with van der Waals surface area (Å²) in [4.78, 5) is 11.2. The van der Waals surface area contributed by atoms with E-state index >= 15 is 0 Å². The Balaban J connectivity index is 1.65. The van der Waals surface area contributed by atoms with Crippen molar-refractivity contribution in [1.82, 2.24) is 5.32 Å². The molecule has 7 heteroatoms. The number of nitrogens with one attached hydrogen (secondary N) is 2. The van der Waals surface area contributed by atoms with E-state index < -0.39 is 0 Å². The van der Waals surface area contributed by atoms with Crippen LogP contribution < -0.4 is 21.1 Å². The largest absolute Gasteiger partial charge is 0.493 e. The van der Waals surface area contributed by atoms with E-state index in [0.29, 0.717) is 11.7 Å². The van der Waals surface area contributed by atoms with Crippen molar-refractivity contribution in [2.45, 2.75) is 44.4 Å². The number of nitrogens with two attached hydrogens (primary N) is 1. The van der Waals surface area contributed by atoms with Gasteiger partial charge >= 0.3 is 5.97 Å². The number of thiocarbonyl (C=S) groups is 1. The van der Waals surface area contributed by atoms with Gasteiger partial charge in [0, 0.05) is 30.6 Å². The second kappa shape index (κ2) is 6.72. The van der Waals surface area contributed by atoms with Crippen molar-refractivity contribution < 1.29 is 14.3 Å². The zero-order valence-corrected chi connectivity index (χ0v) is 13.8. The van der Waals surface area contributed by atoms with E-state index in [2.05, 4.69) is 10.6 Å². The number of rotatable bonds is 3. The van der Waals surface area contributed by atoms with Gasteiger partial charge in [-0.1, -0.05) is 6.07 Å². The second-order valence-electron chi connectivity index (χ2n) is 5.89. The van der Waals surface area contributed by atoms with Gasteiger partial charge in [-0.15, -0.1) is 0 Å². The molecule has 0 saturated heterocycles. The molecular weight excluding hydrogens is 314 g/mol. The Morgan fingerprint density at radius 1 is 1.43 bits per heavy atom. The average Bonchev–Trinajstić information content (AvgIpc) is 3.09. The maximum absolute atomic E-state index is 11.2. The summed E-state index contributed by atoms with van der Waals surface area (Å²) >= 11 is 5.40. The maximum atomic E-state index is 11.2. The third kappa shape index (κ3) is 3.56. The van der Waals surface area contributed by atoms with Crippen LogP contribution in [0.5, 0.6) is 5.75 Å². The molecule has 1 fully saturated rings. The van der Waals surface area contributed by atoms with Gasteiger partial charge in [-0.2, -0.15) is 0 Å². The summed E-state index contributed by atoms with van der Waals surface area (Å²) in [5, 5.41) is 6.89. The van der Waals surface area contributed by atoms with E-state index in [9.17, 15) is 4.79 Å². The normalized spacial score (nSPS) is 25.4. The van der Waals surface area contributed by atoms with Crippen LogP contribution in [0.3, 0.4) is 0 Å². The van der Waals surface area contributed by atoms with Crippen LogP contribution in [0.25, 0.3) is 0 Å². The molecule has 1 heterocycles. The minimum atomic E-state index is -0.298. The molecule has 0 radical (unpaired) electrons. The first-order valence-electron chi connectivity index (χ1n) is 7.79. The van der Waals surface area contributed by atoms with Crippen LogP contribution in [-0.2, 0) is 16.0 Å². The lowest BCUT2D eigenvalue weighted by molar-refractivity contribution is -0.146. The summed E-state index contributed by atoms with van der Waals surface area (Å²) in [6, 6.07) is 5.58. The van der Waals surface area contributed by atoms with E-state index in [0.717, 1.165) is 36.3 Å². The lowest BCUT2D eigenvalue weighted by Gasteiger charge is -2.25. The van der Waals surface area contributed by atoms with E-state index in [1.54, 1.807) is 0 Å². The molecule has 4 N–H and O–H groups in total. The summed E-state index contributed by atoms with van der Waals surface area (Å²) in [6.45, 7) is 2.10. The number of hydrogen-bond donors (Lipinski definition) is 3. The standard InChI is InChI=1S/C16H21N3O3S/c1-9(20)22-14-6-5-11(17)15(14)19-16(23)18-12-3-2-4-13-10(12)7-8-21-13/h2-4,11,14-15H,5-8,17H2,1H3,(H2,18,19,23)/t11-,14-,15-/m0/s1. The van der Waals surface area contributed by atoms with Crippen LogP contribution in [0.15, 0.2) is 18.2 Å². The Morgan fingerprint density at radius 3 is 3.04 bits per heavy atom. The lowest BCUT2D eigenvalue weighted by Crippen LogP contribution is -2.51. The fraction of sp³-hybridized carbons (Fsp3) is 0.500. The molecule has 0 aromatic heterocycles. The van der Waals surface area contributed by atoms with E-state index in [1.165, 1.54) is 6.92 Å². The van der Waals surface area contributed by atoms with Gasteiger partial charge in [0.1, 0.15) is 11.9 Å². The zero-order chi connectivity index (χ0) is 16.4. The van der Waals surface area contributed by atoms with Crippen molar-refractivity contribution in [1.29, 1.82) is 0 Å². The first kappa shape index (κ1) is 16.0.